The molecular formula is C11H10O4. The van der Waals surface area contributed by atoms with Gasteiger partial charge < -0.3 is 9.84 Å². The molecule has 0 aromatic heterocycles. The zero-order chi connectivity index (χ0) is 11.0. The summed E-state index contributed by atoms with van der Waals surface area (Å²) in [7, 11) is 0. The molecule has 1 aromatic rings. The first-order chi connectivity index (χ1) is 7.13. The molecule has 0 saturated heterocycles. The van der Waals surface area contributed by atoms with Crippen molar-refractivity contribution in [1.82, 2.24) is 0 Å². The van der Waals surface area contributed by atoms with E-state index in [-0.39, 0.29) is 17.3 Å². The second-order valence-electron chi connectivity index (χ2n) is 3.43. The predicted molar refractivity (Wildman–Crippen MR) is 51.9 cm³/mol. The van der Waals surface area contributed by atoms with Crippen molar-refractivity contribution >= 4 is 11.8 Å². The van der Waals surface area contributed by atoms with Crippen molar-refractivity contribution in [3.05, 3.63) is 23.8 Å². The Morgan fingerprint density at radius 3 is 2.80 bits per heavy atom. The van der Waals surface area contributed by atoms with Gasteiger partial charge in [-0.15, -0.1) is 0 Å². The van der Waals surface area contributed by atoms with E-state index in [1.165, 1.54) is 18.2 Å². The van der Waals surface area contributed by atoms with Gasteiger partial charge in [-0.2, -0.15) is 0 Å². The molecule has 0 bridgehead atoms. The molecule has 0 fully saturated rings. The van der Waals surface area contributed by atoms with Crippen LogP contribution in [0.2, 0.25) is 0 Å². The third-order valence-corrected chi connectivity index (χ3v) is 2.45. The number of hydrogen-bond acceptors (Lipinski definition) is 4. The summed E-state index contributed by atoms with van der Waals surface area (Å²) < 4.78 is 4.97. The number of carbonyl (C=O) groups is 2. The molecule has 1 N–H and O–H groups in total. The summed E-state index contributed by atoms with van der Waals surface area (Å²) in [6, 6.07) is 4.15. The average molecular weight is 206 g/mol. The van der Waals surface area contributed by atoms with Crippen molar-refractivity contribution < 1.29 is 19.4 Å². The molecule has 0 amide bonds. The zero-order valence-corrected chi connectivity index (χ0v) is 8.19. The summed E-state index contributed by atoms with van der Waals surface area (Å²) in [5.41, 5.74) is 0.360. The number of ether oxygens (including phenoxy) is 1. The van der Waals surface area contributed by atoms with E-state index in [1.54, 1.807) is 6.92 Å². The lowest BCUT2D eigenvalue weighted by molar-refractivity contribution is -0.138. The molecular weight excluding hydrogens is 196 g/mol. The minimum atomic E-state index is -0.706. The molecule has 4 nitrogen and oxygen atoms in total. The van der Waals surface area contributed by atoms with E-state index in [2.05, 4.69) is 0 Å². The minimum Gasteiger partial charge on any atom is -0.508 e. The fourth-order valence-corrected chi connectivity index (χ4v) is 1.63. The van der Waals surface area contributed by atoms with E-state index in [9.17, 15) is 14.7 Å². The Morgan fingerprint density at radius 1 is 1.40 bits per heavy atom. The molecule has 1 aliphatic rings. The molecule has 1 heterocycles. The third kappa shape index (κ3) is 1.48. The smallest absolute Gasteiger partial charge is 0.322 e. The minimum absolute atomic E-state index is 0.0238. The SMILES string of the molecule is CCC1C(=O)Oc2cc(O)ccc2C1=O. The Hall–Kier alpha value is -1.84. The standard InChI is InChI=1S/C11H10O4/c1-2-7-10(13)8-4-3-6(12)5-9(8)15-11(7)14/h3-5,7,12H,2H2,1H3. The van der Waals surface area contributed by atoms with Crippen LogP contribution in [0.3, 0.4) is 0 Å². The molecule has 0 spiro atoms. The average Bonchev–Trinajstić information content (AvgIpc) is 2.17. The maximum atomic E-state index is 11.8. The van der Waals surface area contributed by atoms with Gasteiger partial charge in [0.05, 0.1) is 5.56 Å². The number of esters is 1. The van der Waals surface area contributed by atoms with E-state index < -0.39 is 11.9 Å². The summed E-state index contributed by atoms with van der Waals surface area (Å²) in [6.45, 7) is 1.76. The molecule has 1 unspecified atom stereocenters. The number of hydrogen-bond donors (Lipinski definition) is 1. The van der Waals surface area contributed by atoms with E-state index in [1.807, 2.05) is 0 Å². The summed E-state index contributed by atoms with van der Waals surface area (Å²) in [6.07, 6.45) is 0.429. The van der Waals surface area contributed by atoms with Crippen LogP contribution in [0.1, 0.15) is 23.7 Å². The molecule has 1 atom stereocenters. The normalized spacial score (nSPS) is 19.7. The van der Waals surface area contributed by atoms with Crippen molar-refractivity contribution in [3.8, 4) is 11.5 Å². The Morgan fingerprint density at radius 2 is 2.13 bits per heavy atom. The van der Waals surface area contributed by atoms with Gasteiger partial charge in [0, 0.05) is 6.07 Å². The summed E-state index contributed by atoms with van der Waals surface area (Å²) in [5.74, 6) is -1.36. The predicted octanol–water partition coefficient (Wildman–Crippen LogP) is 1.52. The van der Waals surface area contributed by atoms with Crippen molar-refractivity contribution in [2.24, 2.45) is 5.92 Å². The van der Waals surface area contributed by atoms with Crippen LogP contribution in [0.15, 0.2) is 18.2 Å². The highest BCUT2D eigenvalue weighted by molar-refractivity contribution is 6.13. The van der Waals surface area contributed by atoms with Gasteiger partial charge in [0.2, 0.25) is 0 Å². The Balaban J connectivity index is 2.50. The van der Waals surface area contributed by atoms with E-state index in [0.717, 1.165) is 0 Å². The number of fused-ring (bicyclic) bond motifs is 1. The highest BCUT2D eigenvalue weighted by Crippen LogP contribution is 2.32. The molecule has 4 heteroatoms. The van der Waals surface area contributed by atoms with E-state index in [4.69, 9.17) is 4.74 Å². The van der Waals surface area contributed by atoms with Crippen LogP contribution >= 0.6 is 0 Å². The Bertz CT molecular complexity index is 436. The van der Waals surface area contributed by atoms with Crippen LogP contribution in [0.5, 0.6) is 11.5 Å². The largest absolute Gasteiger partial charge is 0.508 e. The lowest BCUT2D eigenvalue weighted by atomic mass is 9.92. The molecule has 0 aliphatic carbocycles. The number of Topliss-reactive ketones (excluding diaryl/α,β-unsaturated/α-hetero) is 1. The number of rotatable bonds is 1. The van der Waals surface area contributed by atoms with E-state index in [0.29, 0.717) is 12.0 Å². The fourth-order valence-electron chi connectivity index (χ4n) is 1.63. The first kappa shape index (κ1) is 9.71. The van der Waals surface area contributed by atoms with Gasteiger partial charge >= 0.3 is 5.97 Å². The van der Waals surface area contributed by atoms with E-state index >= 15 is 0 Å². The third-order valence-electron chi connectivity index (χ3n) is 2.45. The van der Waals surface area contributed by atoms with Crippen LogP contribution in [0.25, 0.3) is 0 Å². The van der Waals surface area contributed by atoms with Crippen LogP contribution < -0.4 is 4.74 Å². The number of carbonyl (C=O) groups excluding carboxylic acids is 2. The van der Waals surface area contributed by atoms with Crippen molar-refractivity contribution in [2.45, 2.75) is 13.3 Å². The number of phenols is 1. The maximum Gasteiger partial charge on any atom is 0.322 e. The van der Waals surface area contributed by atoms with Gasteiger partial charge in [-0.25, -0.2) is 0 Å². The number of phenolic OH excluding ortho intramolecular Hbond substituents is 1. The van der Waals surface area contributed by atoms with Crippen LogP contribution in [0, 0.1) is 5.92 Å². The van der Waals surface area contributed by atoms with Gasteiger partial charge in [0.1, 0.15) is 17.4 Å². The van der Waals surface area contributed by atoms with Crippen molar-refractivity contribution in [3.63, 3.8) is 0 Å². The van der Waals surface area contributed by atoms with Crippen LogP contribution in [-0.4, -0.2) is 16.9 Å². The summed E-state index contributed by atoms with van der Waals surface area (Å²) >= 11 is 0. The van der Waals surface area contributed by atoms with Crippen molar-refractivity contribution in [1.29, 1.82) is 0 Å². The Kier molecular flexibility index (Phi) is 2.19. The van der Waals surface area contributed by atoms with Gasteiger partial charge in [-0.3, -0.25) is 9.59 Å². The lowest BCUT2D eigenvalue weighted by Crippen LogP contribution is -2.32. The lowest BCUT2D eigenvalue weighted by Gasteiger charge is -2.20. The second-order valence-corrected chi connectivity index (χ2v) is 3.43. The Labute approximate surface area is 86.5 Å². The summed E-state index contributed by atoms with van der Waals surface area (Å²) in [4.78, 5) is 23.2. The van der Waals surface area contributed by atoms with Crippen molar-refractivity contribution in [2.75, 3.05) is 0 Å². The molecule has 1 aliphatic heterocycles. The maximum absolute atomic E-state index is 11.8. The monoisotopic (exact) mass is 206 g/mol. The fraction of sp³-hybridized carbons (Fsp3) is 0.273. The molecule has 1 aromatic carbocycles. The highest BCUT2D eigenvalue weighted by Gasteiger charge is 2.34. The highest BCUT2D eigenvalue weighted by atomic mass is 16.5. The molecule has 0 saturated carbocycles. The van der Waals surface area contributed by atoms with Gasteiger partial charge in [0.25, 0.3) is 0 Å². The topological polar surface area (TPSA) is 63.6 Å². The number of benzene rings is 1. The molecule has 0 radical (unpaired) electrons. The van der Waals surface area contributed by atoms with Gasteiger partial charge in [-0.05, 0) is 18.6 Å². The molecule has 2 rings (SSSR count). The zero-order valence-electron chi connectivity index (χ0n) is 8.19. The second kappa shape index (κ2) is 3.38. The van der Waals surface area contributed by atoms with Crippen LogP contribution in [-0.2, 0) is 4.79 Å². The quantitative estimate of drug-likeness (QED) is 0.430. The number of aromatic hydroxyl groups is 1. The molecule has 15 heavy (non-hydrogen) atoms. The van der Waals surface area contributed by atoms with Gasteiger partial charge in [0.15, 0.2) is 5.78 Å². The first-order valence-corrected chi connectivity index (χ1v) is 4.72. The molecule has 78 valence electrons. The number of ketones is 1. The van der Waals surface area contributed by atoms with Crippen LogP contribution in [0.4, 0.5) is 0 Å². The van der Waals surface area contributed by atoms with Gasteiger partial charge in [-0.1, -0.05) is 6.92 Å². The first-order valence-electron chi connectivity index (χ1n) is 4.72. The summed E-state index contributed by atoms with van der Waals surface area (Å²) in [5, 5.41) is 9.18.